The first-order chi connectivity index (χ1) is 6.27. The summed E-state index contributed by atoms with van der Waals surface area (Å²) < 4.78 is 1.78. The monoisotopic (exact) mass is 177 g/mol. The molecule has 0 saturated carbocycles. The molecule has 0 bridgehead atoms. The van der Waals surface area contributed by atoms with Crippen LogP contribution in [0.25, 0.3) is 5.65 Å². The van der Waals surface area contributed by atoms with Crippen molar-refractivity contribution in [2.45, 2.75) is 27.7 Å². The predicted octanol–water partition coefficient (Wildman–Crippen LogP) is 2.37. The van der Waals surface area contributed by atoms with Crippen molar-refractivity contribution in [2.75, 3.05) is 0 Å². The smallest absolute Gasteiger partial charge is 0.158 e. The number of fused-ring (bicyclic) bond motifs is 1. The van der Waals surface area contributed by atoms with E-state index in [1.165, 1.54) is 0 Å². The molecular formula is C10H15N3. The fourth-order valence-corrected chi connectivity index (χ4v) is 1.07. The van der Waals surface area contributed by atoms with E-state index in [-0.39, 0.29) is 0 Å². The van der Waals surface area contributed by atoms with E-state index >= 15 is 0 Å². The van der Waals surface area contributed by atoms with Crippen molar-refractivity contribution in [1.82, 2.24) is 14.6 Å². The van der Waals surface area contributed by atoms with Gasteiger partial charge in [0, 0.05) is 17.5 Å². The van der Waals surface area contributed by atoms with Crippen molar-refractivity contribution in [3.63, 3.8) is 0 Å². The van der Waals surface area contributed by atoms with Gasteiger partial charge in [-0.1, -0.05) is 13.8 Å². The summed E-state index contributed by atoms with van der Waals surface area (Å²) in [4.78, 5) is 4.34. The maximum absolute atomic E-state index is 4.34. The summed E-state index contributed by atoms with van der Waals surface area (Å²) in [7, 11) is 0. The number of nitrogens with zero attached hydrogens (tertiary/aromatic N) is 3. The zero-order valence-corrected chi connectivity index (χ0v) is 8.57. The quantitative estimate of drug-likeness (QED) is 0.618. The van der Waals surface area contributed by atoms with Gasteiger partial charge >= 0.3 is 0 Å². The fraction of sp³-hybridized carbons (Fsp3) is 0.400. The average molecular weight is 177 g/mol. The van der Waals surface area contributed by atoms with Crippen LogP contribution >= 0.6 is 0 Å². The Morgan fingerprint density at radius 1 is 1.23 bits per heavy atom. The van der Waals surface area contributed by atoms with Gasteiger partial charge in [0.25, 0.3) is 0 Å². The SMILES string of the molecule is CC.Cc1ccn2ncc(C)c2n1. The van der Waals surface area contributed by atoms with E-state index in [0.717, 1.165) is 16.9 Å². The molecule has 0 aromatic carbocycles. The minimum atomic E-state index is 0.949. The number of aryl methyl sites for hydroxylation is 2. The second-order valence-corrected chi connectivity index (χ2v) is 2.66. The van der Waals surface area contributed by atoms with Crippen LogP contribution < -0.4 is 0 Å². The van der Waals surface area contributed by atoms with E-state index in [9.17, 15) is 0 Å². The standard InChI is InChI=1S/C8H9N3.C2H6/c1-6-5-9-11-4-3-7(2)10-8(6)11;1-2/h3-5H,1-2H3;1-2H3. The third-order valence-corrected chi connectivity index (χ3v) is 1.68. The molecule has 0 aliphatic carbocycles. The lowest BCUT2D eigenvalue weighted by Gasteiger charge is -1.93. The molecule has 2 aromatic heterocycles. The molecule has 0 atom stereocenters. The van der Waals surface area contributed by atoms with Crippen molar-refractivity contribution < 1.29 is 0 Å². The van der Waals surface area contributed by atoms with Gasteiger partial charge in [0.1, 0.15) is 0 Å². The Hall–Kier alpha value is -1.38. The van der Waals surface area contributed by atoms with Crippen LogP contribution in [0.1, 0.15) is 25.1 Å². The number of hydrogen-bond acceptors (Lipinski definition) is 2. The molecule has 0 unspecified atom stereocenters. The zero-order chi connectivity index (χ0) is 9.84. The first-order valence-corrected chi connectivity index (χ1v) is 4.55. The van der Waals surface area contributed by atoms with Crippen molar-refractivity contribution in [2.24, 2.45) is 0 Å². The maximum atomic E-state index is 4.34. The van der Waals surface area contributed by atoms with E-state index in [2.05, 4.69) is 10.1 Å². The van der Waals surface area contributed by atoms with Gasteiger partial charge in [-0.2, -0.15) is 5.10 Å². The Balaban J connectivity index is 0.000000396. The second-order valence-electron chi connectivity index (χ2n) is 2.66. The van der Waals surface area contributed by atoms with Crippen LogP contribution in [0.15, 0.2) is 18.5 Å². The Morgan fingerprint density at radius 2 is 1.92 bits per heavy atom. The van der Waals surface area contributed by atoms with Crippen LogP contribution in [-0.4, -0.2) is 14.6 Å². The normalized spacial score (nSPS) is 9.54. The minimum absolute atomic E-state index is 0.949. The van der Waals surface area contributed by atoms with Crippen LogP contribution in [0.5, 0.6) is 0 Å². The fourth-order valence-electron chi connectivity index (χ4n) is 1.07. The molecule has 0 N–H and O–H groups in total. The van der Waals surface area contributed by atoms with Gasteiger partial charge in [-0.05, 0) is 19.9 Å². The molecule has 2 heterocycles. The lowest BCUT2D eigenvalue weighted by Crippen LogP contribution is -1.90. The highest BCUT2D eigenvalue weighted by molar-refractivity contribution is 5.45. The molecule has 0 spiro atoms. The van der Waals surface area contributed by atoms with Crippen molar-refractivity contribution in [3.05, 3.63) is 29.7 Å². The van der Waals surface area contributed by atoms with Gasteiger partial charge in [0.15, 0.2) is 5.65 Å². The molecule has 0 aliphatic rings. The summed E-state index contributed by atoms with van der Waals surface area (Å²) in [5.41, 5.74) is 3.10. The van der Waals surface area contributed by atoms with E-state index in [0.29, 0.717) is 0 Å². The molecular weight excluding hydrogens is 162 g/mol. The first-order valence-electron chi connectivity index (χ1n) is 4.55. The maximum Gasteiger partial charge on any atom is 0.158 e. The van der Waals surface area contributed by atoms with Gasteiger partial charge in [-0.25, -0.2) is 9.50 Å². The summed E-state index contributed by atoms with van der Waals surface area (Å²) in [5, 5.41) is 4.11. The first kappa shape index (κ1) is 9.71. The molecule has 3 nitrogen and oxygen atoms in total. The van der Waals surface area contributed by atoms with Crippen LogP contribution in [0.3, 0.4) is 0 Å². The predicted molar refractivity (Wildman–Crippen MR) is 53.8 cm³/mol. The highest BCUT2D eigenvalue weighted by Crippen LogP contribution is 2.05. The molecule has 2 aromatic rings. The van der Waals surface area contributed by atoms with Crippen LogP contribution in [0.2, 0.25) is 0 Å². The molecule has 3 heteroatoms. The number of rotatable bonds is 0. The molecule has 2 rings (SSSR count). The summed E-state index contributed by atoms with van der Waals surface area (Å²) in [5.74, 6) is 0. The highest BCUT2D eigenvalue weighted by atomic mass is 15.2. The number of hydrogen-bond donors (Lipinski definition) is 0. The molecule has 13 heavy (non-hydrogen) atoms. The van der Waals surface area contributed by atoms with E-state index in [1.54, 1.807) is 4.52 Å². The van der Waals surface area contributed by atoms with E-state index in [1.807, 2.05) is 46.2 Å². The molecule has 0 amide bonds. The van der Waals surface area contributed by atoms with Gasteiger partial charge in [0.05, 0.1) is 6.20 Å². The lowest BCUT2D eigenvalue weighted by molar-refractivity contribution is 0.929. The molecule has 0 radical (unpaired) electrons. The molecule has 70 valence electrons. The van der Waals surface area contributed by atoms with Crippen molar-refractivity contribution >= 4 is 5.65 Å². The van der Waals surface area contributed by atoms with E-state index < -0.39 is 0 Å². The van der Waals surface area contributed by atoms with Gasteiger partial charge < -0.3 is 0 Å². The lowest BCUT2D eigenvalue weighted by atomic mass is 10.4. The largest absolute Gasteiger partial charge is 0.234 e. The third-order valence-electron chi connectivity index (χ3n) is 1.68. The number of aromatic nitrogens is 3. The molecule has 0 fully saturated rings. The summed E-state index contributed by atoms with van der Waals surface area (Å²) in [6.45, 7) is 7.99. The third kappa shape index (κ3) is 1.86. The summed E-state index contributed by atoms with van der Waals surface area (Å²) in [6.07, 6.45) is 3.74. The zero-order valence-electron chi connectivity index (χ0n) is 8.57. The average Bonchev–Trinajstić information content (AvgIpc) is 2.52. The topological polar surface area (TPSA) is 30.2 Å². The minimum Gasteiger partial charge on any atom is -0.234 e. The van der Waals surface area contributed by atoms with Gasteiger partial charge in [-0.15, -0.1) is 0 Å². The second kappa shape index (κ2) is 4.03. The Labute approximate surface area is 78.4 Å². The molecule has 0 aliphatic heterocycles. The van der Waals surface area contributed by atoms with Gasteiger partial charge in [0.2, 0.25) is 0 Å². The summed E-state index contributed by atoms with van der Waals surface area (Å²) >= 11 is 0. The van der Waals surface area contributed by atoms with Crippen LogP contribution in [0.4, 0.5) is 0 Å². The Morgan fingerprint density at radius 3 is 2.62 bits per heavy atom. The summed E-state index contributed by atoms with van der Waals surface area (Å²) in [6, 6.07) is 1.94. The van der Waals surface area contributed by atoms with Crippen LogP contribution in [-0.2, 0) is 0 Å². The van der Waals surface area contributed by atoms with Gasteiger partial charge in [-0.3, -0.25) is 0 Å². The van der Waals surface area contributed by atoms with Crippen molar-refractivity contribution in [1.29, 1.82) is 0 Å². The Bertz CT molecular complexity index is 390. The Kier molecular flexibility index (Phi) is 3.01. The van der Waals surface area contributed by atoms with Crippen molar-refractivity contribution in [3.8, 4) is 0 Å². The molecule has 0 saturated heterocycles. The van der Waals surface area contributed by atoms with E-state index in [4.69, 9.17) is 0 Å². The van der Waals surface area contributed by atoms with Crippen LogP contribution in [0, 0.1) is 13.8 Å². The highest BCUT2D eigenvalue weighted by Gasteiger charge is 1.98.